The van der Waals surface area contributed by atoms with Gasteiger partial charge < -0.3 is 10.6 Å². The van der Waals surface area contributed by atoms with Crippen molar-refractivity contribution in [1.82, 2.24) is 0 Å². The van der Waals surface area contributed by atoms with Gasteiger partial charge in [-0.1, -0.05) is 69.3 Å². The van der Waals surface area contributed by atoms with E-state index >= 15 is 0 Å². The normalized spacial score (nSPS) is 15.3. The molecular formula is C34H32FN3O2S2. The quantitative estimate of drug-likeness (QED) is 0.209. The summed E-state index contributed by atoms with van der Waals surface area (Å²) in [5, 5.41) is 15.9. The maximum Gasteiger partial charge on any atom is 0.258 e. The molecule has 4 aromatic rings. The van der Waals surface area contributed by atoms with Gasteiger partial charge in [-0.05, 0) is 72.1 Å². The van der Waals surface area contributed by atoms with Crippen molar-refractivity contribution in [2.24, 2.45) is 11.3 Å². The molecule has 5 rings (SSSR count). The van der Waals surface area contributed by atoms with Crippen molar-refractivity contribution in [2.75, 3.05) is 10.6 Å². The molecule has 0 aliphatic heterocycles. The molecule has 1 aliphatic carbocycles. The van der Waals surface area contributed by atoms with Crippen molar-refractivity contribution < 1.29 is 14.0 Å². The fourth-order valence-electron chi connectivity index (χ4n) is 5.24. The van der Waals surface area contributed by atoms with Gasteiger partial charge in [0.2, 0.25) is 5.91 Å². The first-order valence-electron chi connectivity index (χ1n) is 13.9. The molecule has 0 fully saturated rings. The van der Waals surface area contributed by atoms with Crippen molar-refractivity contribution >= 4 is 45.6 Å². The van der Waals surface area contributed by atoms with Crippen molar-refractivity contribution in [3.05, 3.63) is 112 Å². The summed E-state index contributed by atoms with van der Waals surface area (Å²) in [6.07, 6.45) is 2.78. The summed E-state index contributed by atoms with van der Waals surface area (Å²) < 4.78 is 14.1. The van der Waals surface area contributed by atoms with Crippen LogP contribution in [0.2, 0.25) is 0 Å². The number of hydrogen-bond donors (Lipinski definition) is 2. The number of carbonyl (C=O) groups excluding carboxylic acids is 2. The molecule has 5 nitrogen and oxygen atoms in total. The van der Waals surface area contributed by atoms with Crippen LogP contribution < -0.4 is 10.6 Å². The highest BCUT2D eigenvalue weighted by Crippen LogP contribution is 2.45. The van der Waals surface area contributed by atoms with Crippen LogP contribution in [0.15, 0.2) is 83.8 Å². The van der Waals surface area contributed by atoms with Crippen molar-refractivity contribution in [1.29, 1.82) is 5.26 Å². The Kier molecular flexibility index (Phi) is 8.81. The van der Waals surface area contributed by atoms with Crippen LogP contribution in [0.4, 0.5) is 15.1 Å². The molecule has 2 N–H and O–H groups in total. The van der Waals surface area contributed by atoms with Crippen molar-refractivity contribution in [3.8, 4) is 6.07 Å². The zero-order chi connectivity index (χ0) is 29.9. The molecule has 2 atom stereocenters. The highest BCUT2D eigenvalue weighted by atomic mass is 32.2. The number of carbonyl (C=O) groups is 2. The molecule has 2 unspecified atom stereocenters. The number of thioether (sulfide) groups is 1. The summed E-state index contributed by atoms with van der Waals surface area (Å²) in [5.74, 6) is -0.846. The van der Waals surface area contributed by atoms with E-state index in [1.807, 2.05) is 36.4 Å². The van der Waals surface area contributed by atoms with Gasteiger partial charge in [0, 0.05) is 15.5 Å². The lowest BCUT2D eigenvalue weighted by Crippen LogP contribution is -2.26. The Morgan fingerprint density at radius 3 is 2.48 bits per heavy atom. The van der Waals surface area contributed by atoms with E-state index in [4.69, 9.17) is 0 Å². The van der Waals surface area contributed by atoms with E-state index in [1.54, 1.807) is 24.3 Å². The van der Waals surface area contributed by atoms with Crippen LogP contribution in [0.3, 0.4) is 0 Å². The smallest absolute Gasteiger partial charge is 0.258 e. The maximum atomic E-state index is 14.1. The van der Waals surface area contributed by atoms with E-state index < -0.39 is 17.0 Å². The van der Waals surface area contributed by atoms with E-state index in [1.165, 1.54) is 46.2 Å². The average molecular weight is 598 g/mol. The minimum absolute atomic E-state index is 0.0436. The highest BCUT2D eigenvalue weighted by molar-refractivity contribution is 8.00. The molecule has 0 saturated heterocycles. The third-order valence-electron chi connectivity index (χ3n) is 7.64. The van der Waals surface area contributed by atoms with Gasteiger partial charge in [0.05, 0.1) is 11.1 Å². The number of nitrogens with one attached hydrogen (secondary N) is 2. The minimum atomic E-state index is -0.614. The van der Waals surface area contributed by atoms with Crippen LogP contribution in [0.1, 0.15) is 64.4 Å². The Balaban J connectivity index is 1.38. The lowest BCUT2D eigenvalue weighted by molar-refractivity contribution is -0.115. The van der Waals surface area contributed by atoms with Gasteiger partial charge in [-0.2, -0.15) is 5.26 Å². The molecule has 42 heavy (non-hydrogen) atoms. The number of fused-ring (bicyclic) bond motifs is 1. The van der Waals surface area contributed by atoms with Gasteiger partial charge in [0.15, 0.2) is 0 Å². The Hall–Kier alpha value is -3.93. The Labute approximate surface area is 254 Å². The summed E-state index contributed by atoms with van der Waals surface area (Å²) in [6, 6.07) is 24.8. The zero-order valence-corrected chi connectivity index (χ0v) is 25.4. The van der Waals surface area contributed by atoms with E-state index in [0.717, 1.165) is 35.3 Å². The number of nitrogens with zero attached hydrogens (tertiary/aromatic N) is 1. The number of anilines is 2. The highest BCUT2D eigenvalue weighted by Gasteiger charge is 2.33. The lowest BCUT2D eigenvalue weighted by Gasteiger charge is -2.33. The van der Waals surface area contributed by atoms with Gasteiger partial charge >= 0.3 is 0 Å². The number of nitriles is 1. The molecule has 0 spiro atoms. The number of hydrogen-bond acceptors (Lipinski definition) is 5. The zero-order valence-electron chi connectivity index (χ0n) is 23.7. The van der Waals surface area contributed by atoms with E-state index in [-0.39, 0.29) is 16.9 Å². The molecule has 3 aromatic carbocycles. The number of halogens is 1. The fraction of sp³-hybridized carbons (Fsp3) is 0.265. The van der Waals surface area contributed by atoms with Crippen LogP contribution in [-0.4, -0.2) is 11.8 Å². The Bertz CT molecular complexity index is 1650. The molecule has 8 heteroatoms. The summed E-state index contributed by atoms with van der Waals surface area (Å²) in [6.45, 7) is 6.77. The van der Waals surface area contributed by atoms with Gasteiger partial charge in [0.1, 0.15) is 22.1 Å². The Morgan fingerprint density at radius 2 is 1.76 bits per heavy atom. The van der Waals surface area contributed by atoms with Crippen molar-refractivity contribution in [3.63, 3.8) is 0 Å². The summed E-state index contributed by atoms with van der Waals surface area (Å²) in [4.78, 5) is 28.5. The first kappa shape index (κ1) is 29.6. The lowest BCUT2D eigenvalue weighted by atomic mass is 9.72. The monoisotopic (exact) mass is 597 g/mol. The maximum absolute atomic E-state index is 14.1. The average Bonchev–Trinajstić information content (AvgIpc) is 3.32. The van der Waals surface area contributed by atoms with Crippen LogP contribution >= 0.6 is 23.1 Å². The van der Waals surface area contributed by atoms with E-state index in [9.17, 15) is 19.2 Å². The number of rotatable bonds is 7. The first-order valence-corrected chi connectivity index (χ1v) is 15.6. The predicted molar refractivity (Wildman–Crippen MR) is 168 cm³/mol. The fourth-order valence-corrected chi connectivity index (χ4v) is 7.60. The van der Waals surface area contributed by atoms with E-state index in [0.29, 0.717) is 22.2 Å². The predicted octanol–water partition coefficient (Wildman–Crippen LogP) is 8.63. The van der Waals surface area contributed by atoms with Crippen LogP contribution in [0.5, 0.6) is 0 Å². The molecule has 0 radical (unpaired) electrons. The third-order valence-corrected chi connectivity index (χ3v) is 10.1. The second kappa shape index (κ2) is 12.5. The standard InChI is InChI=1S/C34H32FN3O2S2/c1-34(2,3)22-16-17-25-27(20-36)33(42-29(25)18-22)38-32(40)30(21-10-5-4-6-11-21)41-24-13-9-12-23(19-24)37-31(39)26-14-7-8-15-28(26)35/h4-15,19,22,30H,16-18H2,1-3H3,(H,37,39)(H,38,40). The van der Waals surface area contributed by atoms with Gasteiger partial charge in [0.25, 0.3) is 5.91 Å². The molecule has 214 valence electrons. The van der Waals surface area contributed by atoms with Gasteiger partial charge in [-0.15, -0.1) is 23.1 Å². The number of thiophene rings is 1. The van der Waals surface area contributed by atoms with Gasteiger partial charge in [-0.3, -0.25) is 9.59 Å². The Morgan fingerprint density at radius 1 is 1.02 bits per heavy atom. The van der Waals surface area contributed by atoms with E-state index in [2.05, 4.69) is 37.5 Å². The minimum Gasteiger partial charge on any atom is -0.322 e. The molecule has 1 aliphatic rings. The second-order valence-corrected chi connectivity index (χ2v) is 13.8. The number of amides is 2. The van der Waals surface area contributed by atoms with Crippen LogP contribution in [0.25, 0.3) is 0 Å². The molecule has 1 aromatic heterocycles. The molecule has 0 saturated carbocycles. The SMILES string of the molecule is CC(C)(C)C1CCc2c(sc(NC(=O)C(Sc3cccc(NC(=O)c4ccccc4F)c3)c3ccccc3)c2C#N)C1. The molecule has 2 amide bonds. The third kappa shape index (κ3) is 6.59. The topological polar surface area (TPSA) is 82.0 Å². The van der Waals surface area contributed by atoms with Gasteiger partial charge in [-0.25, -0.2) is 4.39 Å². The number of benzene rings is 3. The second-order valence-electron chi connectivity index (χ2n) is 11.5. The molecular weight excluding hydrogens is 566 g/mol. The van der Waals surface area contributed by atoms with Crippen LogP contribution in [-0.2, 0) is 17.6 Å². The first-order chi connectivity index (χ1) is 20.1. The largest absolute Gasteiger partial charge is 0.322 e. The summed E-state index contributed by atoms with van der Waals surface area (Å²) >= 11 is 2.87. The summed E-state index contributed by atoms with van der Waals surface area (Å²) in [5.41, 5.74) is 3.08. The molecule has 0 bridgehead atoms. The van der Waals surface area contributed by atoms with Crippen LogP contribution in [0, 0.1) is 28.5 Å². The summed E-state index contributed by atoms with van der Waals surface area (Å²) in [7, 11) is 0. The van der Waals surface area contributed by atoms with Crippen molar-refractivity contribution in [2.45, 2.75) is 50.2 Å². The molecule has 1 heterocycles.